The second kappa shape index (κ2) is 4.66. The van der Waals surface area contributed by atoms with Crippen LogP contribution in [0.2, 0.25) is 0 Å². The summed E-state index contributed by atoms with van der Waals surface area (Å²) in [6, 6.07) is 0.767. The monoisotopic (exact) mass is 341 g/mol. The predicted octanol–water partition coefficient (Wildman–Crippen LogP) is 4.38. The molecule has 0 fully saturated rings. The van der Waals surface area contributed by atoms with Gasteiger partial charge < -0.3 is 5.11 Å². The van der Waals surface area contributed by atoms with E-state index in [2.05, 4.69) is 15.9 Å². The van der Waals surface area contributed by atoms with Crippen molar-refractivity contribution in [1.82, 2.24) is 0 Å². The molecule has 0 unspecified atom stereocenters. The molecule has 0 amide bonds. The Kier molecular flexibility index (Phi) is 3.86. The molecule has 0 spiro atoms. The van der Waals surface area contributed by atoms with E-state index in [1.807, 2.05) is 0 Å². The Morgan fingerprint density at radius 2 is 1.79 bits per heavy atom. The maximum atomic E-state index is 12.8. The van der Waals surface area contributed by atoms with E-state index in [0.717, 1.165) is 6.07 Å². The summed E-state index contributed by atoms with van der Waals surface area (Å²) >= 11 is 2.60. The van der Waals surface area contributed by atoms with Crippen molar-refractivity contribution in [1.29, 1.82) is 0 Å². The Morgan fingerprint density at radius 1 is 1.32 bits per heavy atom. The normalized spacial score (nSPS) is 12.6. The average Bonchev–Trinajstić information content (AvgIpc) is 2.17. The van der Waals surface area contributed by atoms with Crippen molar-refractivity contribution < 1.29 is 23.2 Å². The zero-order valence-electron chi connectivity index (χ0n) is 10.3. The maximum absolute atomic E-state index is 12.8. The maximum Gasteiger partial charge on any atom is 0.424 e. The van der Waals surface area contributed by atoms with Gasteiger partial charge >= 0.3 is 6.18 Å². The first-order chi connectivity index (χ1) is 8.37. The molecule has 0 bridgehead atoms. The summed E-state index contributed by atoms with van der Waals surface area (Å²) in [6.07, 6.45) is -4.94. The van der Waals surface area contributed by atoms with Crippen LogP contribution in [0.25, 0.3) is 0 Å². The topological polar surface area (TPSA) is 63.4 Å². The van der Waals surface area contributed by atoms with E-state index >= 15 is 0 Å². The van der Waals surface area contributed by atoms with Crippen molar-refractivity contribution in [2.75, 3.05) is 0 Å². The molecule has 0 atom stereocenters. The second-order valence-electron chi connectivity index (χ2n) is 4.99. The van der Waals surface area contributed by atoms with E-state index in [-0.39, 0.29) is 5.56 Å². The van der Waals surface area contributed by atoms with E-state index in [9.17, 15) is 28.4 Å². The highest BCUT2D eigenvalue weighted by molar-refractivity contribution is 9.10. The molecule has 4 nitrogen and oxygen atoms in total. The Labute approximate surface area is 115 Å². The lowest BCUT2D eigenvalue weighted by atomic mass is 9.85. The molecule has 1 aromatic rings. The molecular weight excluding hydrogens is 331 g/mol. The van der Waals surface area contributed by atoms with Crippen LogP contribution in [0.15, 0.2) is 10.5 Å². The minimum Gasteiger partial charge on any atom is -0.506 e. The van der Waals surface area contributed by atoms with Crippen LogP contribution in [-0.4, -0.2) is 10.0 Å². The molecule has 0 heterocycles. The van der Waals surface area contributed by atoms with Crippen LogP contribution in [0, 0.1) is 10.1 Å². The zero-order chi connectivity index (χ0) is 15.2. The van der Waals surface area contributed by atoms with Crippen LogP contribution in [0.3, 0.4) is 0 Å². The zero-order valence-corrected chi connectivity index (χ0v) is 11.9. The number of rotatable bonds is 1. The highest BCUT2D eigenvalue weighted by atomic mass is 79.9. The van der Waals surface area contributed by atoms with Gasteiger partial charge in [0.2, 0.25) is 0 Å². The van der Waals surface area contributed by atoms with Gasteiger partial charge in [-0.3, -0.25) is 10.1 Å². The van der Waals surface area contributed by atoms with Gasteiger partial charge in [0.25, 0.3) is 5.69 Å². The van der Waals surface area contributed by atoms with E-state index in [0.29, 0.717) is 0 Å². The third-order valence-corrected chi connectivity index (χ3v) is 3.28. The van der Waals surface area contributed by atoms with E-state index < -0.39 is 38.0 Å². The SMILES string of the molecule is CC(C)(C)c1cc([N+](=O)[O-])c(C(F)(F)F)c(Br)c1O. The minimum atomic E-state index is -4.94. The van der Waals surface area contributed by atoms with Crippen molar-refractivity contribution in [3.63, 3.8) is 0 Å². The molecule has 0 aliphatic heterocycles. The van der Waals surface area contributed by atoms with Gasteiger partial charge in [0, 0.05) is 11.6 Å². The molecule has 106 valence electrons. The molecule has 0 aromatic heterocycles. The number of nitro benzene ring substituents is 1. The Bertz CT molecular complexity index is 535. The van der Waals surface area contributed by atoms with Gasteiger partial charge in [0.05, 0.1) is 9.40 Å². The van der Waals surface area contributed by atoms with E-state index in [4.69, 9.17) is 0 Å². The van der Waals surface area contributed by atoms with E-state index in [1.165, 1.54) is 0 Å². The van der Waals surface area contributed by atoms with Crippen molar-refractivity contribution >= 4 is 21.6 Å². The first-order valence-corrected chi connectivity index (χ1v) is 5.94. The first-order valence-electron chi connectivity index (χ1n) is 5.15. The average molecular weight is 342 g/mol. The number of nitro groups is 1. The van der Waals surface area contributed by atoms with Crippen LogP contribution in [-0.2, 0) is 11.6 Å². The number of hydrogen-bond donors (Lipinski definition) is 1. The van der Waals surface area contributed by atoms with Gasteiger partial charge in [-0.2, -0.15) is 13.2 Å². The quantitative estimate of drug-likeness (QED) is 0.609. The summed E-state index contributed by atoms with van der Waals surface area (Å²) in [4.78, 5) is 9.71. The summed E-state index contributed by atoms with van der Waals surface area (Å²) in [7, 11) is 0. The van der Waals surface area contributed by atoms with Crippen LogP contribution < -0.4 is 0 Å². The molecule has 8 heteroatoms. The van der Waals surface area contributed by atoms with Gasteiger partial charge in [0.1, 0.15) is 5.75 Å². The molecular formula is C11H11BrF3NO3. The van der Waals surface area contributed by atoms with Gasteiger partial charge in [-0.05, 0) is 21.3 Å². The van der Waals surface area contributed by atoms with Crippen molar-refractivity contribution in [2.24, 2.45) is 0 Å². The highest BCUT2D eigenvalue weighted by Crippen LogP contribution is 2.48. The number of hydrogen-bond acceptors (Lipinski definition) is 3. The lowest BCUT2D eigenvalue weighted by Crippen LogP contribution is -2.16. The fourth-order valence-electron chi connectivity index (χ4n) is 1.61. The van der Waals surface area contributed by atoms with Gasteiger partial charge in [-0.25, -0.2) is 0 Å². The molecule has 0 saturated carbocycles. The van der Waals surface area contributed by atoms with Crippen LogP contribution >= 0.6 is 15.9 Å². The highest BCUT2D eigenvalue weighted by Gasteiger charge is 2.43. The minimum absolute atomic E-state index is 0.0686. The summed E-state index contributed by atoms with van der Waals surface area (Å²) < 4.78 is 37.8. The first kappa shape index (κ1) is 15.7. The fraction of sp³-hybridized carbons (Fsp3) is 0.455. The molecule has 0 aliphatic carbocycles. The van der Waals surface area contributed by atoms with Crippen molar-refractivity contribution in [2.45, 2.75) is 32.4 Å². The third-order valence-electron chi connectivity index (χ3n) is 2.51. The van der Waals surface area contributed by atoms with Crippen LogP contribution in [0.4, 0.5) is 18.9 Å². The molecule has 19 heavy (non-hydrogen) atoms. The number of halogens is 4. The van der Waals surface area contributed by atoms with E-state index in [1.54, 1.807) is 20.8 Å². The fourth-order valence-corrected chi connectivity index (χ4v) is 2.25. The van der Waals surface area contributed by atoms with Gasteiger partial charge in [-0.1, -0.05) is 20.8 Å². The largest absolute Gasteiger partial charge is 0.506 e. The number of nitrogens with zero attached hydrogens (tertiary/aromatic N) is 1. The summed E-state index contributed by atoms with van der Waals surface area (Å²) in [5, 5.41) is 20.6. The Hall–Kier alpha value is -1.31. The summed E-state index contributed by atoms with van der Waals surface area (Å²) in [5.41, 5.74) is -3.23. The Morgan fingerprint density at radius 3 is 2.11 bits per heavy atom. The molecule has 1 rings (SSSR count). The predicted molar refractivity (Wildman–Crippen MR) is 66.2 cm³/mol. The lowest BCUT2D eigenvalue weighted by Gasteiger charge is -2.22. The van der Waals surface area contributed by atoms with Crippen molar-refractivity contribution in [3.8, 4) is 5.75 Å². The second-order valence-corrected chi connectivity index (χ2v) is 5.78. The Balaban J connectivity index is 3.79. The molecule has 0 saturated heterocycles. The van der Waals surface area contributed by atoms with Crippen LogP contribution in [0.5, 0.6) is 5.75 Å². The van der Waals surface area contributed by atoms with Gasteiger partial charge in [0.15, 0.2) is 5.56 Å². The van der Waals surface area contributed by atoms with Crippen LogP contribution in [0.1, 0.15) is 31.9 Å². The smallest absolute Gasteiger partial charge is 0.424 e. The summed E-state index contributed by atoms with van der Waals surface area (Å²) in [5.74, 6) is -0.634. The number of alkyl halides is 3. The third kappa shape index (κ3) is 2.99. The summed E-state index contributed by atoms with van der Waals surface area (Å²) in [6.45, 7) is 4.89. The lowest BCUT2D eigenvalue weighted by molar-refractivity contribution is -0.388. The van der Waals surface area contributed by atoms with Gasteiger partial charge in [-0.15, -0.1) is 0 Å². The molecule has 0 radical (unpaired) electrons. The van der Waals surface area contributed by atoms with Crippen molar-refractivity contribution in [3.05, 3.63) is 31.8 Å². The molecule has 1 N–H and O–H groups in total. The number of phenols is 1. The number of benzene rings is 1. The number of aromatic hydroxyl groups is 1. The molecule has 1 aromatic carbocycles. The number of phenolic OH excluding ortho intramolecular Hbond substituents is 1. The molecule has 0 aliphatic rings. The standard InChI is InChI=1S/C11H11BrF3NO3/c1-10(2,3)5-4-6(16(18)19)7(11(13,14)15)8(12)9(5)17/h4,17H,1-3H3.